The molecule has 7 N–H and O–H groups in total. The zero-order valence-corrected chi connectivity index (χ0v) is 20.2. The van der Waals surface area contributed by atoms with E-state index in [1.165, 1.54) is 30.7 Å². The molecule has 37 heavy (non-hydrogen) atoms. The Balaban J connectivity index is 0.000000289. The van der Waals surface area contributed by atoms with Gasteiger partial charge < -0.3 is 36.4 Å². The van der Waals surface area contributed by atoms with Crippen LogP contribution in [0.3, 0.4) is 0 Å². The van der Waals surface area contributed by atoms with E-state index in [1.807, 2.05) is 0 Å². The lowest BCUT2D eigenvalue weighted by atomic mass is 10.1. The number of phenolic OH excluding ortho intramolecular Hbond substituents is 2. The number of hydrogen-bond acceptors (Lipinski definition) is 11. The van der Waals surface area contributed by atoms with Crippen LogP contribution in [0.5, 0.6) is 11.5 Å². The predicted octanol–water partition coefficient (Wildman–Crippen LogP) is 1.02. The number of para-hydroxylation sites is 3. The third kappa shape index (κ3) is 9.86. The van der Waals surface area contributed by atoms with Crippen LogP contribution in [-0.4, -0.2) is 80.7 Å². The Morgan fingerprint density at radius 1 is 1.08 bits per heavy atom. The fraction of sp³-hybridized carbons (Fsp3) is 0.417. The van der Waals surface area contributed by atoms with Gasteiger partial charge in [0, 0.05) is 18.7 Å². The number of aliphatic hydroxyl groups excluding tert-OH is 2. The number of hydrogen-bond donors (Lipinski definition) is 6. The molecular weight excluding hydrogens is 488 g/mol. The highest BCUT2D eigenvalue weighted by Crippen LogP contribution is 2.28. The van der Waals surface area contributed by atoms with Crippen molar-refractivity contribution >= 4 is 23.4 Å². The Hall–Kier alpha value is -4.03. The quantitative estimate of drug-likeness (QED) is 0.145. The first-order valence-electron chi connectivity index (χ1n) is 11.5. The van der Waals surface area contributed by atoms with Gasteiger partial charge in [-0.2, -0.15) is 9.59 Å². The summed E-state index contributed by atoms with van der Waals surface area (Å²) in [6, 6.07) is 10.5. The van der Waals surface area contributed by atoms with Crippen molar-refractivity contribution in [2.24, 2.45) is 0 Å². The molecule has 2 heterocycles. The number of carbonyl (C=O) groups excluding carboxylic acids is 3. The van der Waals surface area contributed by atoms with Gasteiger partial charge in [-0.25, -0.2) is 0 Å². The van der Waals surface area contributed by atoms with Crippen molar-refractivity contribution < 1.29 is 39.7 Å². The molecular formula is C24H32N4O9. The third-order valence-corrected chi connectivity index (χ3v) is 5.61. The minimum Gasteiger partial charge on any atom is -0.505 e. The number of benzene rings is 2. The van der Waals surface area contributed by atoms with Gasteiger partial charge in [-0.3, -0.25) is 14.9 Å². The molecule has 2 fully saturated rings. The van der Waals surface area contributed by atoms with Crippen molar-refractivity contribution in [1.82, 2.24) is 10.2 Å². The molecule has 0 radical (unpaired) electrons. The van der Waals surface area contributed by atoms with Crippen molar-refractivity contribution in [1.29, 1.82) is 0 Å². The molecule has 0 aromatic heterocycles. The average molecular weight is 521 g/mol. The number of nitrogens with two attached hydrogens (primary N) is 1. The highest BCUT2D eigenvalue weighted by atomic mass is 16.6. The van der Waals surface area contributed by atoms with Gasteiger partial charge in [0.05, 0.1) is 35.4 Å². The van der Waals surface area contributed by atoms with Crippen LogP contribution in [0.1, 0.15) is 36.0 Å². The van der Waals surface area contributed by atoms with E-state index in [2.05, 4.69) is 5.32 Å². The summed E-state index contributed by atoms with van der Waals surface area (Å²) in [4.78, 5) is 39.5. The maximum atomic E-state index is 12.2. The Labute approximate surface area is 213 Å². The standard InChI is InChI=1S/C12H16N2O3.C6H5NO3.C5H11NO.CO2/c13-10-5-1-4-9(11(10)16)12(17)14-6-2-3-8(14)7-15;8-6-4-2-1-3-5(6)7(9)10;7-4-5-2-1-3-6-5;2-1-3/h1,4-5,8,15-16H,2-3,6-7,13H2;1-4,8H;5-7H,1-4H2;/t8-;;5-;/m1.1./s1. The summed E-state index contributed by atoms with van der Waals surface area (Å²) in [5.41, 5.74) is 5.68. The average Bonchev–Trinajstić information content (AvgIpc) is 3.59. The summed E-state index contributed by atoms with van der Waals surface area (Å²) in [6.07, 6.45) is 4.30. The molecule has 2 atom stereocenters. The summed E-state index contributed by atoms with van der Waals surface area (Å²) in [6.45, 7) is 1.96. The molecule has 2 aliphatic rings. The lowest BCUT2D eigenvalue weighted by Gasteiger charge is -2.23. The number of aromatic hydroxyl groups is 2. The number of carbonyl (C=O) groups is 1. The lowest BCUT2D eigenvalue weighted by molar-refractivity contribution is -0.385. The number of anilines is 1. The number of nitro benzene ring substituents is 1. The van der Waals surface area contributed by atoms with Gasteiger partial charge in [-0.15, -0.1) is 0 Å². The fourth-order valence-corrected chi connectivity index (χ4v) is 3.71. The molecule has 13 nitrogen and oxygen atoms in total. The molecule has 0 saturated carbocycles. The zero-order valence-electron chi connectivity index (χ0n) is 20.2. The van der Waals surface area contributed by atoms with Gasteiger partial charge in [0.25, 0.3) is 5.91 Å². The van der Waals surface area contributed by atoms with Crippen LogP contribution in [0, 0.1) is 10.1 Å². The minimum atomic E-state index is -0.630. The second kappa shape index (κ2) is 16.6. The Morgan fingerprint density at radius 3 is 2.24 bits per heavy atom. The Bertz CT molecular complexity index is 1040. The minimum absolute atomic E-state index is 0.0468. The van der Waals surface area contributed by atoms with Gasteiger partial charge in [-0.05, 0) is 50.4 Å². The van der Waals surface area contributed by atoms with Crippen LogP contribution in [0.2, 0.25) is 0 Å². The zero-order chi connectivity index (χ0) is 27.8. The normalized spacial score (nSPS) is 17.6. The molecule has 2 aliphatic heterocycles. The maximum Gasteiger partial charge on any atom is 0.373 e. The van der Waals surface area contributed by atoms with E-state index in [0.717, 1.165) is 25.8 Å². The smallest absolute Gasteiger partial charge is 0.373 e. The number of nitrogen functional groups attached to an aromatic ring is 1. The second-order valence-electron chi connectivity index (χ2n) is 8.03. The first-order chi connectivity index (χ1) is 17.7. The number of phenols is 2. The van der Waals surface area contributed by atoms with Crippen molar-refractivity contribution in [3.63, 3.8) is 0 Å². The highest BCUT2D eigenvalue weighted by molar-refractivity contribution is 5.98. The lowest BCUT2D eigenvalue weighted by Crippen LogP contribution is -2.37. The van der Waals surface area contributed by atoms with Crippen molar-refractivity contribution in [3.05, 3.63) is 58.1 Å². The molecule has 0 bridgehead atoms. The van der Waals surface area contributed by atoms with Crippen LogP contribution in [0.4, 0.5) is 11.4 Å². The van der Waals surface area contributed by atoms with Crippen LogP contribution in [0.25, 0.3) is 0 Å². The molecule has 0 unspecified atom stereocenters. The number of likely N-dealkylation sites (tertiary alicyclic amines) is 1. The Morgan fingerprint density at radius 2 is 1.76 bits per heavy atom. The number of nitrogens with zero attached hydrogens (tertiary/aromatic N) is 2. The Kier molecular flexibility index (Phi) is 13.9. The largest absolute Gasteiger partial charge is 0.505 e. The summed E-state index contributed by atoms with van der Waals surface area (Å²) in [5.74, 6) is -0.750. The van der Waals surface area contributed by atoms with Crippen molar-refractivity contribution in [2.75, 3.05) is 32.0 Å². The number of rotatable bonds is 4. The molecule has 4 rings (SSSR count). The third-order valence-electron chi connectivity index (χ3n) is 5.61. The first-order valence-corrected chi connectivity index (χ1v) is 11.5. The van der Waals surface area contributed by atoms with E-state index < -0.39 is 4.92 Å². The second-order valence-corrected chi connectivity index (χ2v) is 8.03. The fourth-order valence-electron chi connectivity index (χ4n) is 3.71. The topological polar surface area (TPSA) is 217 Å². The summed E-state index contributed by atoms with van der Waals surface area (Å²) in [7, 11) is 0. The van der Waals surface area contributed by atoms with Crippen molar-refractivity contribution in [3.8, 4) is 11.5 Å². The summed E-state index contributed by atoms with van der Waals surface area (Å²) < 4.78 is 0. The van der Waals surface area contributed by atoms with E-state index in [9.17, 15) is 25.1 Å². The van der Waals surface area contributed by atoms with Gasteiger partial charge in [0.1, 0.15) is 0 Å². The molecule has 2 saturated heterocycles. The van der Waals surface area contributed by atoms with Gasteiger partial charge in [0.15, 0.2) is 11.5 Å². The van der Waals surface area contributed by atoms with Gasteiger partial charge in [-0.1, -0.05) is 18.2 Å². The summed E-state index contributed by atoms with van der Waals surface area (Å²) >= 11 is 0. The van der Waals surface area contributed by atoms with Crippen LogP contribution in [-0.2, 0) is 9.59 Å². The molecule has 2 aromatic carbocycles. The number of nitro groups is 1. The SMILES string of the molecule is Nc1cccc(C(=O)N2CCC[C@@H]2CO)c1O.O=C=O.O=[N+]([O-])c1ccccc1O.OC[C@H]1CCCN1. The highest BCUT2D eigenvalue weighted by Gasteiger charge is 2.30. The van der Waals surface area contributed by atoms with E-state index in [4.69, 9.17) is 25.5 Å². The van der Waals surface area contributed by atoms with Gasteiger partial charge >= 0.3 is 11.8 Å². The van der Waals surface area contributed by atoms with Crippen LogP contribution < -0.4 is 11.1 Å². The number of nitrogens with one attached hydrogen (secondary N) is 1. The summed E-state index contributed by atoms with van der Waals surface area (Å²) in [5, 5.41) is 49.5. The van der Waals surface area contributed by atoms with E-state index >= 15 is 0 Å². The molecule has 0 aliphatic carbocycles. The van der Waals surface area contributed by atoms with Crippen molar-refractivity contribution in [2.45, 2.75) is 37.8 Å². The maximum absolute atomic E-state index is 12.2. The van der Waals surface area contributed by atoms with E-state index in [-0.39, 0.29) is 53.1 Å². The van der Waals surface area contributed by atoms with Gasteiger partial charge in [0.2, 0.25) is 0 Å². The predicted molar refractivity (Wildman–Crippen MR) is 132 cm³/mol. The van der Waals surface area contributed by atoms with Crippen LogP contribution >= 0.6 is 0 Å². The van der Waals surface area contributed by atoms with Crippen LogP contribution in [0.15, 0.2) is 42.5 Å². The molecule has 1 amide bonds. The molecule has 2 aromatic rings. The monoisotopic (exact) mass is 520 g/mol. The number of amides is 1. The molecule has 13 heteroatoms. The molecule has 202 valence electrons. The molecule has 0 spiro atoms. The number of aliphatic hydroxyl groups is 2. The van der Waals surface area contributed by atoms with E-state index in [0.29, 0.717) is 19.2 Å². The first kappa shape index (κ1) is 31.0. The van der Waals surface area contributed by atoms with E-state index in [1.54, 1.807) is 23.1 Å².